The van der Waals surface area contributed by atoms with Gasteiger partial charge in [0.25, 0.3) is 0 Å². The van der Waals surface area contributed by atoms with Crippen LogP contribution in [0.1, 0.15) is 5.56 Å². The van der Waals surface area contributed by atoms with Crippen LogP contribution in [0.2, 0.25) is 0 Å². The molecular formula is C13H19N3O3. The molecule has 1 aromatic carbocycles. The van der Waals surface area contributed by atoms with Crippen LogP contribution in [0, 0.1) is 0 Å². The first-order chi connectivity index (χ1) is 9.17. The Labute approximate surface area is 112 Å². The Balaban J connectivity index is 2.05. The normalized spacial score (nSPS) is 16.1. The molecule has 2 rings (SSSR count). The number of carbonyl (C=O) groups excluding carboxylic acids is 1. The molecule has 6 heteroatoms. The van der Waals surface area contributed by atoms with Crippen LogP contribution in [-0.2, 0) is 16.0 Å². The molecule has 0 aromatic heterocycles. The maximum atomic E-state index is 11.2. The summed E-state index contributed by atoms with van der Waals surface area (Å²) < 4.78 is 9.88. The van der Waals surface area contributed by atoms with Gasteiger partial charge in [-0.2, -0.15) is 0 Å². The summed E-state index contributed by atoms with van der Waals surface area (Å²) in [5.74, 6) is 0. The zero-order valence-corrected chi connectivity index (χ0v) is 11.0. The van der Waals surface area contributed by atoms with Crippen LogP contribution in [0.25, 0.3) is 0 Å². The van der Waals surface area contributed by atoms with Crippen molar-refractivity contribution in [3.8, 4) is 0 Å². The van der Waals surface area contributed by atoms with E-state index in [9.17, 15) is 4.79 Å². The molecule has 6 nitrogen and oxygen atoms in total. The summed E-state index contributed by atoms with van der Waals surface area (Å²) in [6.07, 6.45) is -0.497. The molecule has 0 aliphatic carbocycles. The van der Waals surface area contributed by atoms with Crippen molar-refractivity contribution in [3.05, 3.63) is 23.8 Å². The Hall–Kier alpha value is -1.79. The molecule has 1 aliphatic heterocycles. The van der Waals surface area contributed by atoms with Gasteiger partial charge < -0.3 is 15.2 Å². The quantitative estimate of drug-likeness (QED) is 0.805. The lowest BCUT2D eigenvalue weighted by atomic mass is 10.1. The van der Waals surface area contributed by atoms with Gasteiger partial charge in [0.05, 0.1) is 20.3 Å². The van der Waals surface area contributed by atoms with E-state index >= 15 is 0 Å². The number of carbonyl (C=O) groups is 1. The molecule has 1 aliphatic rings. The van der Waals surface area contributed by atoms with Gasteiger partial charge in [0.15, 0.2) is 0 Å². The van der Waals surface area contributed by atoms with Gasteiger partial charge in [0.2, 0.25) is 0 Å². The smallest absolute Gasteiger partial charge is 0.411 e. The van der Waals surface area contributed by atoms with Gasteiger partial charge in [-0.15, -0.1) is 0 Å². The highest BCUT2D eigenvalue weighted by atomic mass is 16.5. The highest BCUT2D eigenvalue weighted by molar-refractivity contribution is 5.85. The van der Waals surface area contributed by atoms with E-state index in [0.717, 1.165) is 38.4 Å². The number of nitrogens with zero attached hydrogens (tertiary/aromatic N) is 1. The van der Waals surface area contributed by atoms with Gasteiger partial charge >= 0.3 is 6.09 Å². The lowest BCUT2D eigenvalue weighted by molar-refractivity contribution is 0.0342. The highest BCUT2D eigenvalue weighted by Crippen LogP contribution is 2.18. The second-order valence-corrected chi connectivity index (χ2v) is 4.47. The van der Waals surface area contributed by atoms with Gasteiger partial charge in [-0.05, 0) is 23.8 Å². The summed E-state index contributed by atoms with van der Waals surface area (Å²) in [4.78, 5) is 13.5. The molecule has 0 unspecified atom stereocenters. The van der Waals surface area contributed by atoms with Crippen molar-refractivity contribution in [2.45, 2.75) is 6.54 Å². The lowest BCUT2D eigenvalue weighted by Gasteiger charge is -2.26. The Morgan fingerprint density at radius 1 is 1.42 bits per heavy atom. The zero-order valence-electron chi connectivity index (χ0n) is 11.0. The van der Waals surface area contributed by atoms with Gasteiger partial charge in [-0.3, -0.25) is 10.2 Å². The molecule has 0 saturated carbocycles. The first-order valence-corrected chi connectivity index (χ1v) is 6.22. The predicted molar refractivity (Wildman–Crippen MR) is 73.0 cm³/mol. The van der Waals surface area contributed by atoms with E-state index in [1.165, 1.54) is 7.11 Å². The molecule has 1 aromatic rings. The van der Waals surface area contributed by atoms with E-state index in [-0.39, 0.29) is 0 Å². The summed E-state index contributed by atoms with van der Waals surface area (Å²) in [6, 6.07) is 5.53. The zero-order chi connectivity index (χ0) is 13.7. The third kappa shape index (κ3) is 4.11. The average molecular weight is 265 g/mol. The molecule has 0 radical (unpaired) electrons. The van der Waals surface area contributed by atoms with E-state index in [0.29, 0.717) is 11.4 Å². The minimum absolute atomic E-state index is 0.497. The highest BCUT2D eigenvalue weighted by Gasteiger charge is 2.12. The van der Waals surface area contributed by atoms with Crippen molar-refractivity contribution < 1.29 is 14.3 Å². The SMILES string of the molecule is COC(=O)Nc1cc(N)cc(CN2CCOCC2)c1. The van der Waals surface area contributed by atoms with Crippen LogP contribution in [0.4, 0.5) is 16.2 Å². The monoisotopic (exact) mass is 265 g/mol. The lowest BCUT2D eigenvalue weighted by Crippen LogP contribution is -2.35. The van der Waals surface area contributed by atoms with E-state index in [4.69, 9.17) is 10.5 Å². The first kappa shape index (κ1) is 13.6. The number of nitrogens with one attached hydrogen (secondary N) is 1. The van der Waals surface area contributed by atoms with Crippen LogP contribution in [-0.4, -0.2) is 44.4 Å². The third-order valence-corrected chi connectivity index (χ3v) is 2.96. The van der Waals surface area contributed by atoms with Gasteiger partial charge in [-0.1, -0.05) is 0 Å². The number of anilines is 2. The van der Waals surface area contributed by atoms with Gasteiger partial charge in [0.1, 0.15) is 0 Å². The van der Waals surface area contributed by atoms with Crippen molar-refractivity contribution in [2.75, 3.05) is 44.5 Å². The van der Waals surface area contributed by atoms with Crippen LogP contribution in [0.15, 0.2) is 18.2 Å². The predicted octanol–water partition coefficient (Wildman–Crippen LogP) is 1.28. The molecule has 104 valence electrons. The standard InChI is InChI=1S/C13H19N3O3/c1-18-13(17)15-12-7-10(6-11(14)8-12)9-16-2-4-19-5-3-16/h6-8H,2-5,9,14H2,1H3,(H,15,17). The Morgan fingerprint density at radius 3 is 2.84 bits per heavy atom. The van der Waals surface area contributed by atoms with Gasteiger partial charge in [-0.25, -0.2) is 4.79 Å². The number of hydrogen-bond acceptors (Lipinski definition) is 5. The van der Waals surface area contributed by atoms with Crippen molar-refractivity contribution in [2.24, 2.45) is 0 Å². The fourth-order valence-corrected chi connectivity index (χ4v) is 2.07. The van der Waals surface area contributed by atoms with Gasteiger partial charge in [0, 0.05) is 31.0 Å². The molecule has 3 N–H and O–H groups in total. The number of nitrogen functional groups attached to an aromatic ring is 1. The molecular weight excluding hydrogens is 246 g/mol. The Morgan fingerprint density at radius 2 is 2.16 bits per heavy atom. The van der Waals surface area contributed by atoms with Crippen LogP contribution < -0.4 is 11.1 Å². The third-order valence-electron chi connectivity index (χ3n) is 2.96. The number of rotatable bonds is 3. The summed E-state index contributed by atoms with van der Waals surface area (Å²) in [6.45, 7) is 4.14. The summed E-state index contributed by atoms with van der Waals surface area (Å²) in [5.41, 5.74) is 8.18. The summed E-state index contributed by atoms with van der Waals surface area (Å²) in [7, 11) is 1.33. The number of amides is 1. The van der Waals surface area contributed by atoms with Crippen LogP contribution in [0.3, 0.4) is 0 Å². The van der Waals surface area contributed by atoms with E-state index in [2.05, 4.69) is 15.0 Å². The second kappa shape index (κ2) is 6.40. The maximum absolute atomic E-state index is 11.2. The fourth-order valence-electron chi connectivity index (χ4n) is 2.07. The maximum Gasteiger partial charge on any atom is 0.411 e. The van der Waals surface area contributed by atoms with Crippen molar-refractivity contribution in [1.29, 1.82) is 0 Å². The molecule has 0 spiro atoms. The molecule has 0 atom stereocenters. The van der Waals surface area contributed by atoms with Crippen LogP contribution >= 0.6 is 0 Å². The number of nitrogens with two attached hydrogens (primary N) is 1. The summed E-state index contributed by atoms with van der Waals surface area (Å²) in [5, 5.41) is 2.63. The molecule has 1 saturated heterocycles. The van der Waals surface area contributed by atoms with Crippen molar-refractivity contribution in [3.63, 3.8) is 0 Å². The second-order valence-electron chi connectivity index (χ2n) is 4.47. The minimum Gasteiger partial charge on any atom is -0.453 e. The average Bonchev–Trinajstić information content (AvgIpc) is 2.39. The number of methoxy groups -OCH3 is 1. The number of morpholine rings is 1. The Kier molecular flexibility index (Phi) is 4.59. The molecule has 1 heterocycles. The molecule has 19 heavy (non-hydrogen) atoms. The number of ether oxygens (including phenoxy) is 2. The Bertz CT molecular complexity index is 445. The van der Waals surface area contributed by atoms with Crippen LogP contribution in [0.5, 0.6) is 0 Å². The number of benzene rings is 1. The van der Waals surface area contributed by atoms with Crippen molar-refractivity contribution in [1.82, 2.24) is 4.90 Å². The largest absolute Gasteiger partial charge is 0.453 e. The van der Waals surface area contributed by atoms with E-state index in [1.807, 2.05) is 12.1 Å². The fraction of sp³-hybridized carbons (Fsp3) is 0.462. The topological polar surface area (TPSA) is 76.8 Å². The van der Waals surface area contributed by atoms with E-state index < -0.39 is 6.09 Å². The number of hydrogen-bond donors (Lipinski definition) is 2. The molecule has 0 bridgehead atoms. The molecule has 1 amide bonds. The molecule has 1 fully saturated rings. The minimum atomic E-state index is -0.497. The van der Waals surface area contributed by atoms with Crippen molar-refractivity contribution >= 4 is 17.5 Å². The first-order valence-electron chi connectivity index (χ1n) is 6.22. The van der Waals surface area contributed by atoms with E-state index in [1.54, 1.807) is 6.07 Å². The summed E-state index contributed by atoms with van der Waals surface area (Å²) >= 11 is 0.